The summed E-state index contributed by atoms with van der Waals surface area (Å²) in [5, 5.41) is 3.96. The van der Waals surface area contributed by atoms with Gasteiger partial charge in [-0.15, -0.1) is 5.10 Å². The van der Waals surface area contributed by atoms with Crippen molar-refractivity contribution in [1.29, 1.82) is 0 Å². The lowest BCUT2D eigenvalue weighted by atomic mass is 10.1. The number of para-hydroxylation sites is 1. The number of aromatic nitrogens is 3. The van der Waals surface area contributed by atoms with Gasteiger partial charge in [-0.2, -0.15) is 9.50 Å². The second-order valence-corrected chi connectivity index (χ2v) is 8.57. The van der Waals surface area contributed by atoms with E-state index < -0.39 is 15.4 Å². The van der Waals surface area contributed by atoms with E-state index in [4.69, 9.17) is 5.73 Å². The number of nitrogens with zero attached hydrogens (tertiary/aromatic N) is 4. The summed E-state index contributed by atoms with van der Waals surface area (Å²) < 4.78 is 24.3. The molecule has 10 heteroatoms. The molecule has 0 fully saturated rings. The molecule has 4 rings (SSSR count). The maximum atomic E-state index is 12.3. The van der Waals surface area contributed by atoms with E-state index >= 15 is 0 Å². The number of hydrogen-bond donors (Lipinski definition) is 1. The third-order valence-electron chi connectivity index (χ3n) is 3.65. The zero-order chi connectivity index (χ0) is 17.8. The Bertz CT molecular complexity index is 1250. The number of rotatable bonds is 2. The van der Waals surface area contributed by atoms with Gasteiger partial charge in [0.25, 0.3) is 5.56 Å². The summed E-state index contributed by atoms with van der Waals surface area (Å²) >= 11 is 0.798. The second kappa shape index (κ2) is 5.33. The summed E-state index contributed by atoms with van der Waals surface area (Å²) in [5.41, 5.74) is 8.05. The monoisotopic (exact) mass is 373 g/mol. The van der Waals surface area contributed by atoms with Crippen LogP contribution in [0, 0.1) is 0 Å². The number of anilines is 1. The molecule has 0 spiro atoms. The van der Waals surface area contributed by atoms with Crippen LogP contribution < -0.4 is 11.3 Å². The zero-order valence-corrected chi connectivity index (χ0v) is 14.5. The van der Waals surface area contributed by atoms with Gasteiger partial charge < -0.3 is 5.73 Å². The van der Waals surface area contributed by atoms with Gasteiger partial charge in [-0.05, 0) is 12.1 Å². The molecule has 1 aromatic carbocycles. The minimum absolute atomic E-state index is 0.0337. The van der Waals surface area contributed by atoms with E-state index in [0.29, 0.717) is 0 Å². The molecule has 0 bridgehead atoms. The van der Waals surface area contributed by atoms with Crippen LogP contribution in [0.4, 0.5) is 11.5 Å². The van der Waals surface area contributed by atoms with Gasteiger partial charge in [0.15, 0.2) is 0 Å². The fraction of sp³-hybridized carbons (Fsp3) is 0.0667. The summed E-state index contributed by atoms with van der Waals surface area (Å²) in [7, 11) is -3.52. The van der Waals surface area contributed by atoms with Crippen molar-refractivity contribution in [3.8, 4) is 0 Å². The molecule has 3 heterocycles. The molecule has 2 N–H and O–H groups in total. The molecule has 8 nitrogen and oxygen atoms in total. The van der Waals surface area contributed by atoms with E-state index in [9.17, 15) is 13.2 Å². The first-order valence-corrected chi connectivity index (χ1v) is 9.80. The topological polar surface area (TPSA) is 120 Å². The van der Waals surface area contributed by atoms with E-state index in [0.717, 1.165) is 34.4 Å². The van der Waals surface area contributed by atoms with Crippen LogP contribution in [0.1, 0.15) is 11.1 Å². The van der Waals surface area contributed by atoms with Crippen molar-refractivity contribution in [2.24, 2.45) is 4.99 Å². The number of aliphatic imine (C=N–C) groups is 1. The molecule has 0 saturated carbocycles. The van der Waals surface area contributed by atoms with Crippen LogP contribution >= 0.6 is 11.3 Å². The second-order valence-electron chi connectivity index (χ2n) is 5.43. The van der Waals surface area contributed by atoms with E-state index in [1.165, 1.54) is 4.52 Å². The standard InChI is InChI=1S/C15H11N5O3S2/c1-25(22,23)15-19-20-12(16)10(13(21)18-14(20)24-15)6-8-7-17-11-5-3-2-4-9(8)11/h2-7H,16H2,1H3/b8-6+. The molecular formula is C15H11N5O3S2. The Morgan fingerprint density at radius 1 is 1.28 bits per heavy atom. The molecule has 1 aliphatic rings. The van der Waals surface area contributed by atoms with Crippen molar-refractivity contribution in [2.75, 3.05) is 12.0 Å². The number of nitrogen functional groups attached to an aromatic ring is 1. The highest BCUT2D eigenvalue weighted by Crippen LogP contribution is 2.32. The van der Waals surface area contributed by atoms with Crippen LogP contribution in [0.3, 0.4) is 0 Å². The van der Waals surface area contributed by atoms with Gasteiger partial charge in [0.05, 0.1) is 11.3 Å². The fourth-order valence-electron chi connectivity index (χ4n) is 2.46. The van der Waals surface area contributed by atoms with E-state index in [1.807, 2.05) is 24.3 Å². The van der Waals surface area contributed by atoms with Gasteiger partial charge in [-0.3, -0.25) is 9.79 Å². The average Bonchev–Trinajstić information content (AvgIpc) is 3.15. The van der Waals surface area contributed by atoms with Gasteiger partial charge >= 0.3 is 0 Å². The van der Waals surface area contributed by atoms with Crippen molar-refractivity contribution in [1.82, 2.24) is 14.6 Å². The first-order chi connectivity index (χ1) is 11.8. The number of hydrogen-bond acceptors (Lipinski definition) is 8. The maximum Gasteiger partial charge on any atom is 0.283 e. The van der Waals surface area contributed by atoms with Gasteiger partial charge in [0, 0.05) is 23.6 Å². The molecule has 0 saturated heterocycles. The number of allylic oxidation sites excluding steroid dienone is 1. The summed E-state index contributed by atoms with van der Waals surface area (Å²) in [6.07, 6.45) is 4.27. The minimum Gasteiger partial charge on any atom is -0.383 e. The fourth-order valence-corrected chi connectivity index (χ4v) is 4.15. The Labute approximate surface area is 145 Å². The molecular weight excluding hydrogens is 362 g/mol. The third-order valence-corrected chi connectivity index (χ3v) is 6.23. The van der Waals surface area contributed by atoms with Gasteiger partial charge in [-0.1, -0.05) is 29.5 Å². The Hall–Kier alpha value is -2.85. The highest BCUT2D eigenvalue weighted by Gasteiger charge is 2.19. The van der Waals surface area contributed by atoms with E-state index in [2.05, 4.69) is 15.1 Å². The summed E-state index contributed by atoms with van der Waals surface area (Å²) in [4.78, 5) is 20.7. The normalized spacial score (nSPS) is 15.2. The lowest BCUT2D eigenvalue weighted by molar-refractivity contribution is 0.599. The van der Waals surface area contributed by atoms with Crippen LogP contribution in [0.15, 0.2) is 38.4 Å². The number of sulfone groups is 1. The Balaban J connectivity index is 1.94. The molecule has 3 aromatic rings. The van der Waals surface area contributed by atoms with Crippen LogP contribution in [0.25, 0.3) is 16.6 Å². The van der Waals surface area contributed by atoms with E-state index in [1.54, 1.807) is 12.3 Å². The smallest absolute Gasteiger partial charge is 0.283 e. The third kappa shape index (κ3) is 2.55. The van der Waals surface area contributed by atoms with Crippen LogP contribution in [0.2, 0.25) is 0 Å². The summed E-state index contributed by atoms with van der Waals surface area (Å²) in [6, 6.07) is 7.50. The van der Waals surface area contributed by atoms with Crippen molar-refractivity contribution in [3.63, 3.8) is 0 Å². The molecule has 2 aromatic heterocycles. The molecule has 25 heavy (non-hydrogen) atoms. The van der Waals surface area contributed by atoms with Gasteiger partial charge in [0.1, 0.15) is 5.82 Å². The van der Waals surface area contributed by atoms with Gasteiger partial charge in [0.2, 0.25) is 19.1 Å². The summed E-state index contributed by atoms with van der Waals surface area (Å²) in [5.74, 6) is 0.0337. The van der Waals surface area contributed by atoms with Crippen molar-refractivity contribution in [2.45, 2.75) is 4.34 Å². The molecule has 0 aliphatic carbocycles. The maximum absolute atomic E-state index is 12.3. The molecule has 0 amide bonds. The average molecular weight is 373 g/mol. The lowest BCUT2D eigenvalue weighted by Gasteiger charge is -2.03. The van der Waals surface area contributed by atoms with Crippen LogP contribution in [-0.4, -0.2) is 35.5 Å². The predicted octanol–water partition coefficient (Wildman–Crippen LogP) is 1.39. The quantitative estimate of drug-likeness (QED) is 0.725. The summed E-state index contributed by atoms with van der Waals surface area (Å²) in [6.45, 7) is 0. The molecule has 126 valence electrons. The Morgan fingerprint density at radius 3 is 2.80 bits per heavy atom. The number of nitrogens with two attached hydrogens (primary N) is 1. The zero-order valence-electron chi connectivity index (χ0n) is 12.9. The largest absolute Gasteiger partial charge is 0.383 e. The number of fused-ring (bicyclic) bond motifs is 2. The lowest BCUT2D eigenvalue weighted by Crippen LogP contribution is -2.16. The van der Waals surface area contributed by atoms with Gasteiger partial charge in [-0.25, -0.2) is 8.42 Å². The first-order valence-electron chi connectivity index (χ1n) is 7.09. The van der Waals surface area contributed by atoms with Crippen molar-refractivity contribution < 1.29 is 8.42 Å². The Morgan fingerprint density at radius 2 is 2.04 bits per heavy atom. The molecule has 0 unspecified atom stereocenters. The van der Waals surface area contributed by atoms with E-state index in [-0.39, 0.29) is 20.7 Å². The highest BCUT2D eigenvalue weighted by molar-refractivity contribution is 7.92. The molecule has 1 aliphatic heterocycles. The first kappa shape index (κ1) is 15.7. The molecule has 0 atom stereocenters. The van der Waals surface area contributed by atoms with Crippen LogP contribution in [-0.2, 0) is 9.84 Å². The molecule has 0 radical (unpaired) electrons. The Kier molecular flexibility index (Phi) is 3.34. The predicted molar refractivity (Wildman–Crippen MR) is 97.1 cm³/mol. The highest BCUT2D eigenvalue weighted by atomic mass is 32.2. The van der Waals surface area contributed by atoms with Crippen LogP contribution in [0.5, 0.6) is 0 Å². The number of benzene rings is 1. The van der Waals surface area contributed by atoms with Crippen molar-refractivity contribution in [3.05, 3.63) is 45.7 Å². The SMILES string of the molecule is CS(=O)(=O)c1nn2c(N)c(/C=C3\C=Nc4ccccc43)c(=O)nc2s1. The minimum atomic E-state index is -3.52. The van der Waals surface area contributed by atoms with Crippen molar-refractivity contribution >= 4 is 55.5 Å².